The molecule has 0 nitrogen and oxygen atoms in total. The fraction of sp³-hybridized carbons (Fsp3) is 0.500. The van der Waals surface area contributed by atoms with Crippen LogP contribution >= 0.6 is 0 Å². The Morgan fingerprint density at radius 2 is 2.00 bits per heavy atom. The molecule has 1 atom stereocenters. The van der Waals surface area contributed by atoms with Gasteiger partial charge in [-0.3, -0.25) is 0 Å². The molecule has 0 heterocycles. The van der Waals surface area contributed by atoms with E-state index in [9.17, 15) is 0 Å². The molecular formula is C8H11Cl2Ti. The minimum Gasteiger partial charge on any atom is -1.00 e. The van der Waals surface area contributed by atoms with Crippen LogP contribution in [0.1, 0.15) is 20.3 Å². The minimum absolute atomic E-state index is 0. The monoisotopic (exact) mass is 225 g/mol. The number of hydrogen-bond acceptors (Lipinski definition) is 0. The first-order valence-corrected chi connectivity index (χ1v) is 4.16. The molecule has 0 aliphatic heterocycles. The Morgan fingerprint density at radius 3 is 2.18 bits per heavy atom. The minimum atomic E-state index is 0. The van der Waals surface area contributed by atoms with Gasteiger partial charge in [0.05, 0.1) is 0 Å². The molecule has 1 aliphatic rings. The van der Waals surface area contributed by atoms with Gasteiger partial charge < -0.3 is 24.8 Å². The molecule has 0 amide bonds. The van der Waals surface area contributed by atoms with Crippen molar-refractivity contribution in [3.63, 3.8) is 0 Å². The van der Waals surface area contributed by atoms with Gasteiger partial charge in [0.2, 0.25) is 0 Å². The van der Waals surface area contributed by atoms with Crippen LogP contribution in [0.25, 0.3) is 0 Å². The summed E-state index contributed by atoms with van der Waals surface area (Å²) in [5.74, 6) is 0.694. The first kappa shape index (κ1) is 14.3. The summed E-state index contributed by atoms with van der Waals surface area (Å²) in [7, 11) is 0. The molecule has 0 bridgehead atoms. The van der Waals surface area contributed by atoms with Crippen molar-refractivity contribution < 1.29 is 45.2 Å². The molecule has 0 saturated heterocycles. The van der Waals surface area contributed by atoms with Crippen molar-refractivity contribution in [1.29, 1.82) is 0 Å². The SMILES string of the molecule is CCC1=CC(C)[C]([Ti+2])=C1.[Cl-].[Cl-]. The maximum Gasteiger partial charge on any atom is -1.00 e. The quantitative estimate of drug-likeness (QED) is 0.405. The van der Waals surface area contributed by atoms with Gasteiger partial charge in [-0.05, 0) is 0 Å². The van der Waals surface area contributed by atoms with Crippen molar-refractivity contribution in [3.05, 3.63) is 21.6 Å². The standard InChI is InChI=1S/C8H11.2ClH.Ti/c1-3-8-5-4-7(2)6-8;;;/h5-7H,3H2,1-2H3;2*1H;/q;;;+2/p-2. The first-order valence-electron chi connectivity index (χ1n) is 3.38. The second-order valence-electron chi connectivity index (χ2n) is 2.48. The van der Waals surface area contributed by atoms with E-state index in [-0.39, 0.29) is 24.8 Å². The van der Waals surface area contributed by atoms with E-state index in [0.29, 0.717) is 5.92 Å². The third-order valence-electron chi connectivity index (χ3n) is 1.70. The number of rotatable bonds is 1. The topological polar surface area (TPSA) is 0 Å². The Morgan fingerprint density at radius 1 is 1.45 bits per heavy atom. The fourth-order valence-corrected chi connectivity index (χ4v) is 1.43. The molecule has 0 aromatic rings. The van der Waals surface area contributed by atoms with Crippen molar-refractivity contribution in [2.24, 2.45) is 5.92 Å². The van der Waals surface area contributed by atoms with E-state index in [1.54, 1.807) is 0 Å². The van der Waals surface area contributed by atoms with Gasteiger partial charge in [-0.2, -0.15) is 0 Å². The van der Waals surface area contributed by atoms with E-state index in [1.165, 1.54) is 15.9 Å². The van der Waals surface area contributed by atoms with Gasteiger partial charge in [0, 0.05) is 0 Å². The fourth-order valence-electron chi connectivity index (χ4n) is 1.01. The Hall–Kier alpha value is 0.774. The van der Waals surface area contributed by atoms with Crippen LogP contribution in [0.4, 0.5) is 0 Å². The molecule has 3 heteroatoms. The van der Waals surface area contributed by atoms with Crippen LogP contribution in [0, 0.1) is 5.92 Å². The van der Waals surface area contributed by atoms with E-state index in [4.69, 9.17) is 0 Å². The molecular weight excluding hydrogens is 215 g/mol. The summed E-state index contributed by atoms with van der Waals surface area (Å²) in [6.45, 7) is 4.45. The predicted octanol–water partition coefficient (Wildman–Crippen LogP) is -3.59. The maximum absolute atomic E-state index is 2.34. The van der Waals surface area contributed by atoms with Crippen molar-refractivity contribution in [2.45, 2.75) is 20.3 Å². The van der Waals surface area contributed by atoms with E-state index < -0.39 is 0 Å². The van der Waals surface area contributed by atoms with Crippen LogP contribution in [-0.4, -0.2) is 0 Å². The molecule has 1 rings (SSSR count). The molecule has 0 fully saturated rings. The van der Waals surface area contributed by atoms with Gasteiger partial charge in [-0.25, -0.2) is 0 Å². The summed E-state index contributed by atoms with van der Waals surface area (Å²) < 4.78 is 1.51. The molecule has 0 N–H and O–H groups in total. The third kappa shape index (κ3) is 3.80. The van der Waals surface area contributed by atoms with Gasteiger partial charge in [-0.1, -0.05) is 0 Å². The summed E-state index contributed by atoms with van der Waals surface area (Å²) in [5, 5.41) is 0. The zero-order chi connectivity index (χ0) is 6.85. The Kier molecular flexibility index (Phi) is 8.20. The molecule has 1 aliphatic carbocycles. The van der Waals surface area contributed by atoms with Crippen LogP contribution in [0.2, 0.25) is 0 Å². The largest absolute Gasteiger partial charge is 1.00 e. The number of allylic oxidation sites excluding steroid dienone is 4. The molecule has 0 radical (unpaired) electrons. The first-order chi connectivity index (χ1) is 4.24. The average molecular weight is 226 g/mol. The second-order valence-corrected chi connectivity index (χ2v) is 3.39. The molecule has 61 valence electrons. The van der Waals surface area contributed by atoms with Crippen LogP contribution in [0.3, 0.4) is 0 Å². The zero-order valence-electron chi connectivity index (χ0n) is 6.70. The van der Waals surface area contributed by atoms with Crippen molar-refractivity contribution >= 4 is 0 Å². The summed E-state index contributed by atoms with van der Waals surface area (Å²) >= 11 is 2.20. The second kappa shape index (κ2) is 6.31. The molecule has 0 saturated carbocycles. The predicted molar refractivity (Wildman–Crippen MR) is 35.6 cm³/mol. The van der Waals surface area contributed by atoms with Gasteiger partial charge in [0.1, 0.15) is 0 Å². The Labute approximate surface area is 92.7 Å². The van der Waals surface area contributed by atoms with E-state index in [1.807, 2.05) is 0 Å². The third-order valence-corrected chi connectivity index (χ3v) is 2.64. The number of hydrogen-bond donors (Lipinski definition) is 0. The van der Waals surface area contributed by atoms with Crippen LogP contribution in [0.5, 0.6) is 0 Å². The molecule has 0 aromatic heterocycles. The number of halogens is 2. The van der Waals surface area contributed by atoms with Crippen LogP contribution in [0.15, 0.2) is 21.6 Å². The molecule has 11 heavy (non-hydrogen) atoms. The van der Waals surface area contributed by atoms with E-state index >= 15 is 0 Å². The maximum atomic E-state index is 2.34. The molecule has 1 unspecified atom stereocenters. The van der Waals surface area contributed by atoms with Crippen molar-refractivity contribution in [1.82, 2.24) is 0 Å². The van der Waals surface area contributed by atoms with Crippen LogP contribution < -0.4 is 24.8 Å². The Bertz CT molecular complexity index is 173. The summed E-state index contributed by atoms with van der Waals surface area (Å²) in [5.41, 5.74) is 1.50. The van der Waals surface area contributed by atoms with Gasteiger partial charge >= 0.3 is 68.2 Å². The van der Waals surface area contributed by atoms with Gasteiger partial charge in [-0.15, -0.1) is 0 Å². The molecule has 0 spiro atoms. The van der Waals surface area contributed by atoms with E-state index in [2.05, 4.69) is 46.4 Å². The summed E-state index contributed by atoms with van der Waals surface area (Å²) in [6, 6.07) is 0. The van der Waals surface area contributed by atoms with Gasteiger partial charge in [0.15, 0.2) is 0 Å². The molecule has 0 aromatic carbocycles. The normalized spacial score (nSPS) is 21.3. The van der Waals surface area contributed by atoms with Crippen LogP contribution in [-0.2, 0) is 20.4 Å². The summed E-state index contributed by atoms with van der Waals surface area (Å²) in [6.07, 6.45) is 5.82. The van der Waals surface area contributed by atoms with E-state index in [0.717, 1.165) is 0 Å². The Balaban J connectivity index is 0. The van der Waals surface area contributed by atoms with Gasteiger partial charge in [0.25, 0.3) is 0 Å². The van der Waals surface area contributed by atoms with Crippen molar-refractivity contribution in [3.8, 4) is 0 Å². The average Bonchev–Trinajstić information content (AvgIpc) is 2.13. The summed E-state index contributed by atoms with van der Waals surface area (Å²) in [4.78, 5) is 0. The zero-order valence-corrected chi connectivity index (χ0v) is 9.77. The smallest absolute Gasteiger partial charge is 1.00 e. The van der Waals surface area contributed by atoms with Crippen molar-refractivity contribution in [2.75, 3.05) is 0 Å².